The molecule has 74 valence electrons. The summed E-state index contributed by atoms with van der Waals surface area (Å²) in [7, 11) is -3.85. The standard InChI is InChI=1S/C8H8N2O3S/c1-6-2-3-8(14(10,11)12)7(4-6)13-5-9/h2-4H,1H3,(H2,10,11,12). The van der Waals surface area contributed by atoms with Crippen molar-refractivity contribution >= 4 is 10.0 Å². The van der Waals surface area contributed by atoms with Gasteiger partial charge in [0.1, 0.15) is 4.90 Å². The number of nitrogens with zero attached hydrogens (tertiary/aromatic N) is 1. The van der Waals surface area contributed by atoms with Crippen LogP contribution in [0.1, 0.15) is 5.56 Å². The highest BCUT2D eigenvalue weighted by molar-refractivity contribution is 7.89. The van der Waals surface area contributed by atoms with E-state index in [4.69, 9.17) is 10.4 Å². The summed E-state index contributed by atoms with van der Waals surface area (Å²) in [6, 6.07) is 4.31. The molecule has 1 aromatic rings. The molecule has 14 heavy (non-hydrogen) atoms. The van der Waals surface area contributed by atoms with E-state index in [1.54, 1.807) is 13.0 Å². The van der Waals surface area contributed by atoms with E-state index in [1.807, 2.05) is 0 Å². The molecule has 0 aliphatic carbocycles. The van der Waals surface area contributed by atoms with Crippen molar-refractivity contribution in [3.05, 3.63) is 23.8 Å². The molecule has 0 atom stereocenters. The number of benzene rings is 1. The van der Waals surface area contributed by atoms with Gasteiger partial charge in [-0.05, 0) is 24.6 Å². The molecule has 5 nitrogen and oxygen atoms in total. The maximum absolute atomic E-state index is 11.0. The highest BCUT2D eigenvalue weighted by Crippen LogP contribution is 2.23. The Morgan fingerprint density at radius 3 is 2.64 bits per heavy atom. The molecule has 1 rings (SSSR count). The predicted octanol–water partition coefficient (Wildman–Crippen LogP) is 0.502. The van der Waals surface area contributed by atoms with Crippen molar-refractivity contribution in [2.45, 2.75) is 11.8 Å². The monoisotopic (exact) mass is 212 g/mol. The minimum Gasteiger partial charge on any atom is -0.387 e. The lowest BCUT2D eigenvalue weighted by Gasteiger charge is -2.04. The van der Waals surface area contributed by atoms with Crippen molar-refractivity contribution < 1.29 is 13.2 Å². The predicted molar refractivity (Wildman–Crippen MR) is 48.8 cm³/mol. The summed E-state index contributed by atoms with van der Waals surface area (Å²) in [6.07, 6.45) is 1.40. The Hall–Kier alpha value is -1.58. The van der Waals surface area contributed by atoms with E-state index in [9.17, 15) is 8.42 Å². The van der Waals surface area contributed by atoms with Crippen molar-refractivity contribution in [1.82, 2.24) is 0 Å². The average Bonchev–Trinajstić information content (AvgIpc) is 2.02. The van der Waals surface area contributed by atoms with E-state index < -0.39 is 10.0 Å². The van der Waals surface area contributed by atoms with Crippen LogP contribution >= 0.6 is 0 Å². The SMILES string of the molecule is Cc1ccc(S(N)(=O)=O)c(OC#N)c1. The van der Waals surface area contributed by atoms with Crippen LogP contribution in [0, 0.1) is 18.4 Å². The number of hydrogen-bond donors (Lipinski definition) is 1. The van der Waals surface area contributed by atoms with Gasteiger partial charge in [0.05, 0.1) is 0 Å². The summed E-state index contributed by atoms with van der Waals surface area (Å²) in [5.41, 5.74) is 0.780. The van der Waals surface area contributed by atoms with Crippen molar-refractivity contribution in [1.29, 1.82) is 5.26 Å². The Morgan fingerprint density at radius 1 is 1.50 bits per heavy atom. The second-order valence-electron chi connectivity index (χ2n) is 2.69. The third-order valence-electron chi connectivity index (χ3n) is 1.56. The molecule has 1 aromatic carbocycles. The van der Waals surface area contributed by atoms with E-state index >= 15 is 0 Å². The molecule has 0 saturated heterocycles. The van der Waals surface area contributed by atoms with Gasteiger partial charge in [-0.2, -0.15) is 0 Å². The molecule has 0 radical (unpaired) electrons. The zero-order chi connectivity index (χ0) is 10.8. The van der Waals surface area contributed by atoms with Crippen LogP contribution in [0.15, 0.2) is 23.1 Å². The van der Waals surface area contributed by atoms with Gasteiger partial charge in [-0.15, -0.1) is 5.26 Å². The summed E-state index contributed by atoms with van der Waals surface area (Å²) < 4.78 is 26.5. The number of nitriles is 1. The minimum absolute atomic E-state index is 0.0463. The molecule has 0 spiro atoms. The fourth-order valence-corrected chi connectivity index (χ4v) is 1.62. The molecular formula is C8H8N2O3S. The van der Waals surface area contributed by atoms with Crippen molar-refractivity contribution in [2.75, 3.05) is 0 Å². The molecule has 0 unspecified atom stereocenters. The van der Waals surface area contributed by atoms with Crippen molar-refractivity contribution in [3.8, 4) is 12.0 Å². The number of sulfonamides is 1. The fourth-order valence-electron chi connectivity index (χ4n) is 0.979. The van der Waals surface area contributed by atoms with Gasteiger partial charge in [0.25, 0.3) is 6.26 Å². The highest BCUT2D eigenvalue weighted by atomic mass is 32.2. The van der Waals surface area contributed by atoms with E-state index in [1.165, 1.54) is 18.4 Å². The lowest BCUT2D eigenvalue weighted by atomic mass is 10.2. The second-order valence-corrected chi connectivity index (χ2v) is 4.22. The Balaban J connectivity index is 3.38. The first kappa shape index (κ1) is 10.5. The van der Waals surface area contributed by atoms with Gasteiger partial charge in [0.2, 0.25) is 10.0 Å². The Labute approximate surface area is 81.8 Å². The van der Waals surface area contributed by atoms with Crippen LogP contribution in [0.4, 0.5) is 0 Å². The second kappa shape index (κ2) is 3.65. The van der Waals surface area contributed by atoms with E-state index in [2.05, 4.69) is 4.74 Å². The smallest absolute Gasteiger partial charge is 0.292 e. The van der Waals surface area contributed by atoms with E-state index in [0.29, 0.717) is 0 Å². The first-order valence-corrected chi connectivity index (χ1v) is 5.19. The first-order chi connectivity index (χ1) is 6.45. The van der Waals surface area contributed by atoms with Crippen LogP contribution in [0.2, 0.25) is 0 Å². The molecular weight excluding hydrogens is 204 g/mol. The largest absolute Gasteiger partial charge is 0.387 e. The van der Waals surface area contributed by atoms with Crippen LogP contribution in [0.3, 0.4) is 0 Å². The first-order valence-electron chi connectivity index (χ1n) is 3.64. The van der Waals surface area contributed by atoms with Gasteiger partial charge in [-0.1, -0.05) is 6.07 Å². The Kier molecular flexibility index (Phi) is 2.74. The molecule has 6 heteroatoms. The topological polar surface area (TPSA) is 93.2 Å². The zero-order valence-electron chi connectivity index (χ0n) is 7.39. The third kappa shape index (κ3) is 2.22. The van der Waals surface area contributed by atoms with Crippen LogP contribution in [-0.4, -0.2) is 8.42 Å². The van der Waals surface area contributed by atoms with Gasteiger partial charge < -0.3 is 4.74 Å². The van der Waals surface area contributed by atoms with Gasteiger partial charge in [0.15, 0.2) is 5.75 Å². The molecule has 0 amide bonds. The molecule has 0 aromatic heterocycles. The maximum Gasteiger partial charge on any atom is 0.292 e. The van der Waals surface area contributed by atoms with Gasteiger partial charge in [-0.3, -0.25) is 0 Å². The van der Waals surface area contributed by atoms with Gasteiger partial charge in [-0.25, -0.2) is 13.6 Å². The Morgan fingerprint density at radius 2 is 2.14 bits per heavy atom. The number of ether oxygens (including phenoxy) is 1. The molecule has 0 aliphatic heterocycles. The summed E-state index contributed by atoms with van der Waals surface area (Å²) in [6.45, 7) is 1.75. The van der Waals surface area contributed by atoms with Crippen LogP contribution in [-0.2, 0) is 10.0 Å². The van der Waals surface area contributed by atoms with Gasteiger partial charge in [0, 0.05) is 0 Å². The fraction of sp³-hybridized carbons (Fsp3) is 0.125. The summed E-state index contributed by atoms with van der Waals surface area (Å²) in [5.74, 6) is -0.0463. The lowest BCUT2D eigenvalue weighted by molar-refractivity contribution is 0.490. The molecule has 0 bridgehead atoms. The quantitative estimate of drug-likeness (QED) is 0.722. The van der Waals surface area contributed by atoms with Crippen LogP contribution < -0.4 is 9.88 Å². The van der Waals surface area contributed by atoms with E-state index in [-0.39, 0.29) is 10.6 Å². The third-order valence-corrected chi connectivity index (χ3v) is 2.51. The summed E-state index contributed by atoms with van der Waals surface area (Å²) in [5, 5.41) is 13.2. The minimum atomic E-state index is -3.85. The molecule has 0 heterocycles. The van der Waals surface area contributed by atoms with Crippen LogP contribution in [0.5, 0.6) is 5.75 Å². The maximum atomic E-state index is 11.0. The summed E-state index contributed by atoms with van der Waals surface area (Å²) >= 11 is 0. The summed E-state index contributed by atoms with van der Waals surface area (Å²) in [4.78, 5) is -0.190. The normalized spacial score (nSPS) is 10.6. The number of rotatable bonds is 2. The number of hydrogen-bond acceptors (Lipinski definition) is 4. The molecule has 2 N–H and O–H groups in total. The number of aryl methyl sites for hydroxylation is 1. The number of nitrogens with two attached hydrogens (primary N) is 1. The Bertz CT molecular complexity index is 488. The lowest BCUT2D eigenvalue weighted by Crippen LogP contribution is -2.13. The highest BCUT2D eigenvalue weighted by Gasteiger charge is 2.15. The van der Waals surface area contributed by atoms with E-state index in [0.717, 1.165) is 5.56 Å². The van der Waals surface area contributed by atoms with Crippen molar-refractivity contribution in [2.24, 2.45) is 5.14 Å². The number of primary sulfonamides is 1. The van der Waals surface area contributed by atoms with Crippen molar-refractivity contribution in [3.63, 3.8) is 0 Å². The molecule has 0 fully saturated rings. The average molecular weight is 212 g/mol. The molecule has 0 aliphatic rings. The zero-order valence-corrected chi connectivity index (χ0v) is 8.21. The molecule has 0 saturated carbocycles. The van der Waals surface area contributed by atoms with Gasteiger partial charge >= 0.3 is 0 Å². The van der Waals surface area contributed by atoms with Crippen LogP contribution in [0.25, 0.3) is 0 Å².